The Morgan fingerprint density at radius 3 is 1.00 bits per heavy atom. The maximum absolute atomic E-state index is 11.9. The second-order valence-electron chi connectivity index (χ2n) is 7.54. The first-order valence-corrected chi connectivity index (χ1v) is 15.1. The lowest BCUT2D eigenvalue weighted by atomic mass is 10.0. The van der Waals surface area contributed by atoms with Crippen molar-refractivity contribution in [1.82, 2.24) is 0 Å². The summed E-state index contributed by atoms with van der Waals surface area (Å²) in [6.45, 7) is 9.08. The molecule has 26 heavy (non-hydrogen) atoms. The summed E-state index contributed by atoms with van der Waals surface area (Å²) in [6, 6.07) is 0. The van der Waals surface area contributed by atoms with Crippen LogP contribution in [-0.4, -0.2) is 23.0 Å². The molecular weight excluding hydrogens is 481 g/mol. The summed E-state index contributed by atoms with van der Waals surface area (Å²) in [4.78, 5) is 23.9. The van der Waals surface area contributed by atoms with Gasteiger partial charge in [-0.05, 0) is 10.8 Å². The third-order valence-corrected chi connectivity index (χ3v) is 15.7. The van der Waals surface area contributed by atoms with Crippen molar-refractivity contribution in [2.45, 2.75) is 44.5 Å². The molecule has 2 nitrogen and oxygen atoms in total. The Morgan fingerprint density at radius 1 is 0.538 bits per heavy atom. The maximum atomic E-state index is 11.9. The molecule has 2 aromatic rings. The zero-order valence-corrected chi connectivity index (χ0v) is 21.4. The van der Waals surface area contributed by atoms with Gasteiger partial charge in [0.15, 0.2) is 0 Å². The van der Waals surface area contributed by atoms with Gasteiger partial charge in [-0.25, -0.2) is 0 Å². The Hall–Kier alpha value is 1.10. The monoisotopic (exact) mass is 500 g/mol. The van der Waals surface area contributed by atoms with Gasteiger partial charge in [-0.1, -0.05) is 73.0 Å². The minimum absolute atomic E-state index is 0.137. The van der Waals surface area contributed by atoms with E-state index in [1.165, 1.54) is 62.2 Å². The predicted molar refractivity (Wildman–Crippen MR) is 127 cm³/mol. The molecule has 3 rings (SSSR count). The van der Waals surface area contributed by atoms with Gasteiger partial charge in [0.2, 0.25) is 0 Å². The normalized spacial score (nSPS) is 20.8. The number of hydrogen-bond acceptors (Lipinski definition) is 10. The van der Waals surface area contributed by atoms with Gasteiger partial charge in [0, 0.05) is 23.0 Å². The van der Waals surface area contributed by atoms with Gasteiger partial charge in [0.05, 0.1) is 16.8 Å². The second-order valence-corrected chi connectivity index (χ2v) is 17.0. The van der Waals surface area contributed by atoms with Crippen LogP contribution in [0.25, 0.3) is 0 Å². The molecule has 0 atom stereocenters. The number of fused-ring (bicyclic) bond motifs is 2. The molecule has 0 amide bonds. The fourth-order valence-corrected chi connectivity index (χ4v) is 13.1. The smallest absolute Gasteiger partial charge is 0.265 e. The van der Waals surface area contributed by atoms with E-state index in [2.05, 4.69) is 27.7 Å². The van der Waals surface area contributed by atoms with Crippen LogP contribution in [0, 0.1) is 10.8 Å². The second kappa shape index (κ2) is 8.85. The van der Waals surface area contributed by atoms with Crippen LogP contribution >= 0.6 is 92.4 Å². The maximum Gasteiger partial charge on any atom is 0.289 e. The lowest BCUT2D eigenvalue weighted by molar-refractivity contribution is 0.491. The van der Waals surface area contributed by atoms with Gasteiger partial charge in [-0.2, -0.15) is 0 Å². The van der Waals surface area contributed by atoms with E-state index in [1.807, 2.05) is 47.0 Å². The van der Waals surface area contributed by atoms with E-state index in [0.29, 0.717) is 0 Å². The Balaban J connectivity index is 1.88. The fraction of sp³-hybridized carbons (Fsp3) is 0.625. The molecule has 0 N–H and O–H groups in total. The molecule has 1 aliphatic rings. The van der Waals surface area contributed by atoms with Crippen LogP contribution in [-0.2, 0) is 0 Å². The minimum Gasteiger partial charge on any atom is -0.265 e. The Kier molecular flexibility index (Phi) is 7.42. The molecule has 0 unspecified atom stereocenters. The highest BCUT2D eigenvalue weighted by Crippen LogP contribution is 2.46. The summed E-state index contributed by atoms with van der Waals surface area (Å²) in [6.07, 6.45) is 0. The zero-order valence-electron chi connectivity index (χ0n) is 14.9. The van der Waals surface area contributed by atoms with Crippen molar-refractivity contribution in [3.63, 3.8) is 0 Å². The van der Waals surface area contributed by atoms with Crippen molar-refractivity contribution in [3.05, 3.63) is 17.7 Å². The largest absolute Gasteiger partial charge is 0.289 e. The molecule has 0 radical (unpaired) electrons. The van der Waals surface area contributed by atoms with Gasteiger partial charge in [-0.15, -0.1) is 47.0 Å². The van der Waals surface area contributed by atoms with E-state index >= 15 is 0 Å². The predicted octanol–water partition coefficient (Wildman–Crippen LogP) is 6.79. The quantitative estimate of drug-likeness (QED) is 0.396. The first kappa shape index (κ1) is 21.8. The average molecular weight is 501 g/mol. The van der Waals surface area contributed by atoms with Crippen molar-refractivity contribution in [2.75, 3.05) is 23.0 Å². The highest BCUT2D eigenvalue weighted by molar-refractivity contribution is 8.06. The van der Waals surface area contributed by atoms with Crippen molar-refractivity contribution in [3.8, 4) is 0 Å². The SMILES string of the molecule is CC1(C)CSc2sc(=O)sc2SCC(C)(C)CSc2sc(=O)sc2SC1. The molecule has 0 spiro atoms. The first-order valence-electron chi connectivity index (χ1n) is 7.93. The molecule has 1 aliphatic heterocycles. The van der Waals surface area contributed by atoms with Gasteiger partial charge in [0.1, 0.15) is 0 Å². The van der Waals surface area contributed by atoms with E-state index in [1.54, 1.807) is 0 Å². The van der Waals surface area contributed by atoms with Crippen molar-refractivity contribution in [2.24, 2.45) is 10.8 Å². The molecule has 0 fully saturated rings. The molecule has 10 heteroatoms. The Labute approximate surface area is 187 Å². The lowest BCUT2D eigenvalue weighted by Gasteiger charge is -2.25. The van der Waals surface area contributed by atoms with Gasteiger partial charge in [0.25, 0.3) is 8.11 Å². The number of hydrogen-bond donors (Lipinski definition) is 0. The van der Waals surface area contributed by atoms with Crippen LogP contribution in [0.1, 0.15) is 27.7 Å². The highest BCUT2D eigenvalue weighted by atomic mass is 32.2. The molecule has 0 saturated heterocycles. The van der Waals surface area contributed by atoms with Crippen LogP contribution in [0.5, 0.6) is 0 Å². The topological polar surface area (TPSA) is 34.1 Å². The van der Waals surface area contributed by atoms with E-state index < -0.39 is 0 Å². The van der Waals surface area contributed by atoms with Crippen molar-refractivity contribution >= 4 is 92.4 Å². The lowest BCUT2D eigenvalue weighted by Crippen LogP contribution is -2.19. The highest BCUT2D eigenvalue weighted by Gasteiger charge is 2.26. The van der Waals surface area contributed by atoms with Crippen LogP contribution in [0.4, 0.5) is 0 Å². The molecule has 144 valence electrons. The first-order chi connectivity index (χ1) is 12.1. The molecule has 0 aromatic carbocycles. The van der Waals surface area contributed by atoms with Crippen LogP contribution < -0.4 is 8.11 Å². The third kappa shape index (κ3) is 6.05. The number of rotatable bonds is 0. The average Bonchev–Trinajstić information content (AvgIpc) is 3.09. The van der Waals surface area contributed by atoms with Gasteiger partial charge in [-0.3, -0.25) is 9.59 Å². The van der Waals surface area contributed by atoms with Crippen molar-refractivity contribution in [1.29, 1.82) is 0 Å². The minimum atomic E-state index is 0.137. The Bertz CT molecular complexity index is 736. The van der Waals surface area contributed by atoms with E-state index in [0.717, 1.165) is 23.0 Å². The van der Waals surface area contributed by atoms with Crippen molar-refractivity contribution < 1.29 is 0 Å². The standard InChI is InChI=1S/C16H20O2S8/c1-15(2)5-19-9-11(25-13(17)23-9)21-7-16(3,4)8-22-12-10(20-6-15)24-14(18)26-12/h5-8H2,1-4H3. The van der Waals surface area contributed by atoms with Crippen LogP contribution in [0.3, 0.4) is 0 Å². The molecule has 3 heterocycles. The van der Waals surface area contributed by atoms with E-state index in [9.17, 15) is 9.59 Å². The summed E-state index contributed by atoms with van der Waals surface area (Å²) in [5, 5.41) is 0. The molecule has 0 aliphatic carbocycles. The molecule has 0 bridgehead atoms. The summed E-state index contributed by atoms with van der Waals surface area (Å²) in [7, 11) is 0. The molecule has 2 aromatic heterocycles. The summed E-state index contributed by atoms with van der Waals surface area (Å²) < 4.78 is 5.14. The van der Waals surface area contributed by atoms with Crippen LogP contribution in [0.15, 0.2) is 26.4 Å². The summed E-state index contributed by atoms with van der Waals surface area (Å²) in [5.74, 6) is 3.91. The van der Waals surface area contributed by atoms with Crippen LogP contribution in [0.2, 0.25) is 0 Å². The molecule has 0 saturated carbocycles. The molecular formula is C16H20O2S8. The van der Waals surface area contributed by atoms with Gasteiger partial charge < -0.3 is 0 Å². The summed E-state index contributed by atoms with van der Waals surface area (Å²) >= 11 is 12.9. The summed E-state index contributed by atoms with van der Waals surface area (Å²) in [5.41, 5.74) is 0.274. The third-order valence-electron chi connectivity index (χ3n) is 3.41. The van der Waals surface area contributed by atoms with E-state index in [4.69, 9.17) is 0 Å². The van der Waals surface area contributed by atoms with E-state index in [-0.39, 0.29) is 18.9 Å². The number of thioether (sulfide) groups is 4. The zero-order chi connectivity index (χ0) is 18.9. The van der Waals surface area contributed by atoms with Gasteiger partial charge >= 0.3 is 0 Å². The Morgan fingerprint density at radius 2 is 0.769 bits per heavy atom. The fourth-order valence-electron chi connectivity index (χ4n) is 1.99.